The van der Waals surface area contributed by atoms with Crippen LogP contribution in [0.1, 0.15) is 31.4 Å². The van der Waals surface area contributed by atoms with Gasteiger partial charge in [-0.15, -0.1) is 22.7 Å². The molecule has 5 heteroatoms. The van der Waals surface area contributed by atoms with E-state index < -0.39 is 0 Å². The minimum Gasteiger partial charge on any atom is -0.347 e. The Morgan fingerprint density at radius 1 is 1.17 bits per heavy atom. The number of nitrogens with zero attached hydrogens (tertiary/aromatic N) is 1. The van der Waals surface area contributed by atoms with Crippen LogP contribution in [0.25, 0.3) is 10.6 Å². The lowest BCUT2D eigenvalue weighted by atomic mass is 10.1. The number of carbonyl (C=O) groups excluding carboxylic acids is 1. The van der Waals surface area contributed by atoms with Crippen molar-refractivity contribution in [2.45, 2.75) is 27.3 Å². The molecule has 0 atom stereocenters. The number of rotatable bonds is 4. The summed E-state index contributed by atoms with van der Waals surface area (Å²) in [6.45, 7) is 6.51. The molecule has 0 radical (unpaired) electrons. The maximum absolute atomic E-state index is 12.4. The van der Waals surface area contributed by atoms with Crippen LogP contribution in [-0.2, 0) is 6.54 Å². The molecule has 3 aromatic rings. The number of hydrogen-bond donors (Lipinski definition) is 1. The number of aryl methyl sites for hydroxylation is 3. The Morgan fingerprint density at radius 3 is 2.74 bits per heavy atom. The molecule has 1 amide bonds. The highest BCUT2D eigenvalue weighted by Gasteiger charge is 2.10. The van der Waals surface area contributed by atoms with Crippen LogP contribution in [-0.4, -0.2) is 10.9 Å². The van der Waals surface area contributed by atoms with E-state index in [1.54, 1.807) is 22.7 Å². The van der Waals surface area contributed by atoms with Gasteiger partial charge in [0.25, 0.3) is 5.91 Å². The smallest absolute Gasteiger partial charge is 0.251 e. The van der Waals surface area contributed by atoms with Gasteiger partial charge in [0.05, 0.1) is 22.1 Å². The van der Waals surface area contributed by atoms with Crippen LogP contribution in [0, 0.1) is 20.8 Å². The minimum absolute atomic E-state index is 0.0225. The first-order valence-electron chi connectivity index (χ1n) is 7.39. The van der Waals surface area contributed by atoms with Crippen LogP contribution < -0.4 is 5.32 Å². The van der Waals surface area contributed by atoms with Crippen molar-refractivity contribution in [1.29, 1.82) is 0 Å². The SMILES string of the molecule is Cc1ccc(C)c(C(=O)NCc2ccc(-c3csc(C)n3)s2)c1. The van der Waals surface area contributed by atoms with E-state index in [2.05, 4.69) is 27.8 Å². The molecule has 2 aromatic heterocycles. The molecule has 0 saturated heterocycles. The van der Waals surface area contributed by atoms with E-state index in [1.807, 2.05) is 39.0 Å². The van der Waals surface area contributed by atoms with Gasteiger partial charge in [0.1, 0.15) is 0 Å². The molecule has 0 bridgehead atoms. The lowest BCUT2D eigenvalue weighted by molar-refractivity contribution is 0.0950. The van der Waals surface area contributed by atoms with Crippen molar-refractivity contribution in [3.8, 4) is 10.6 Å². The normalized spacial score (nSPS) is 10.7. The molecule has 2 heterocycles. The third-order valence-electron chi connectivity index (χ3n) is 3.59. The number of benzene rings is 1. The second-order valence-electron chi connectivity index (χ2n) is 5.52. The maximum atomic E-state index is 12.4. The summed E-state index contributed by atoms with van der Waals surface area (Å²) >= 11 is 3.33. The van der Waals surface area contributed by atoms with Gasteiger partial charge in [-0.05, 0) is 44.5 Å². The lowest BCUT2D eigenvalue weighted by Crippen LogP contribution is -2.23. The standard InChI is InChI=1S/C18H18N2OS2/c1-11-4-5-12(2)15(8-11)18(21)19-9-14-6-7-17(23-14)16-10-22-13(3)20-16/h4-8,10H,9H2,1-3H3,(H,19,21). The van der Waals surface area contributed by atoms with E-state index in [1.165, 1.54) is 0 Å². The van der Waals surface area contributed by atoms with Crippen molar-refractivity contribution >= 4 is 28.6 Å². The van der Waals surface area contributed by atoms with E-state index in [-0.39, 0.29) is 5.91 Å². The molecule has 118 valence electrons. The van der Waals surface area contributed by atoms with Crippen molar-refractivity contribution in [3.05, 3.63) is 62.3 Å². The summed E-state index contributed by atoms with van der Waals surface area (Å²) in [7, 11) is 0. The molecule has 0 aliphatic rings. The number of amides is 1. The number of thiazole rings is 1. The Kier molecular flexibility index (Phi) is 4.59. The third-order valence-corrected chi connectivity index (χ3v) is 5.48. The number of carbonyl (C=O) groups is 1. The van der Waals surface area contributed by atoms with Crippen LogP contribution in [0.2, 0.25) is 0 Å². The van der Waals surface area contributed by atoms with Crippen molar-refractivity contribution in [2.75, 3.05) is 0 Å². The summed E-state index contributed by atoms with van der Waals surface area (Å²) < 4.78 is 0. The molecule has 1 aromatic carbocycles. The zero-order valence-electron chi connectivity index (χ0n) is 13.3. The minimum atomic E-state index is -0.0225. The van der Waals surface area contributed by atoms with Gasteiger partial charge >= 0.3 is 0 Å². The second kappa shape index (κ2) is 6.64. The van der Waals surface area contributed by atoms with Crippen LogP contribution >= 0.6 is 22.7 Å². The summed E-state index contributed by atoms with van der Waals surface area (Å²) in [5, 5.41) is 6.14. The summed E-state index contributed by atoms with van der Waals surface area (Å²) in [5.41, 5.74) is 3.86. The van der Waals surface area contributed by atoms with E-state index in [0.717, 1.165) is 37.1 Å². The number of thiophene rings is 1. The zero-order valence-corrected chi connectivity index (χ0v) is 15.0. The molecule has 3 nitrogen and oxygen atoms in total. The average Bonchev–Trinajstić information content (AvgIpc) is 3.16. The number of hydrogen-bond acceptors (Lipinski definition) is 4. The first kappa shape index (κ1) is 15.9. The molecule has 0 unspecified atom stereocenters. The highest BCUT2D eigenvalue weighted by atomic mass is 32.1. The highest BCUT2D eigenvalue weighted by molar-refractivity contribution is 7.16. The Balaban J connectivity index is 1.68. The van der Waals surface area contributed by atoms with Gasteiger partial charge in [0, 0.05) is 15.8 Å². The number of nitrogens with one attached hydrogen (secondary N) is 1. The molecule has 1 N–H and O–H groups in total. The van der Waals surface area contributed by atoms with Crippen molar-refractivity contribution in [2.24, 2.45) is 0 Å². The Hall–Kier alpha value is -1.98. The summed E-state index contributed by atoms with van der Waals surface area (Å²) in [4.78, 5) is 19.1. The van der Waals surface area contributed by atoms with Crippen LogP contribution in [0.3, 0.4) is 0 Å². The molecular weight excluding hydrogens is 324 g/mol. The molecule has 0 aliphatic heterocycles. The van der Waals surface area contributed by atoms with Gasteiger partial charge in [0.2, 0.25) is 0 Å². The zero-order chi connectivity index (χ0) is 16.4. The molecule has 0 aliphatic carbocycles. The first-order chi connectivity index (χ1) is 11.0. The molecule has 23 heavy (non-hydrogen) atoms. The van der Waals surface area contributed by atoms with Crippen molar-refractivity contribution < 1.29 is 4.79 Å². The van der Waals surface area contributed by atoms with E-state index in [4.69, 9.17) is 0 Å². The van der Waals surface area contributed by atoms with Crippen molar-refractivity contribution in [1.82, 2.24) is 10.3 Å². The van der Waals surface area contributed by atoms with Gasteiger partial charge in [-0.1, -0.05) is 17.7 Å². The van der Waals surface area contributed by atoms with Crippen molar-refractivity contribution in [3.63, 3.8) is 0 Å². The van der Waals surface area contributed by atoms with Gasteiger partial charge in [-0.3, -0.25) is 4.79 Å². The molecular formula is C18H18N2OS2. The Bertz CT molecular complexity index is 848. The predicted octanol–water partition coefficient (Wildman–Crippen LogP) is 4.73. The second-order valence-corrected chi connectivity index (χ2v) is 7.75. The van der Waals surface area contributed by atoms with Crippen LogP contribution in [0.15, 0.2) is 35.7 Å². The largest absolute Gasteiger partial charge is 0.347 e. The first-order valence-corrected chi connectivity index (χ1v) is 9.09. The maximum Gasteiger partial charge on any atom is 0.251 e. The Morgan fingerprint density at radius 2 is 2.00 bits per heavy atom. The fourth-order valence-corrected chi connectivity index (χ4v) is 3.93. The van der Waals surface area contributed by atoms with Crippen LogP contribution in [0.5, 0.6) is 0 Å². The lowest BCUT2D eigenvalue weighted by Gasteiger charge is -2.07. The van der Waals surface area contributed by atoms with E-state index in [9.17, 15) is 4.79 Å². The molecule has 3 rings (SSSR count). The van der Waals surface area contributed by atoms with Gasteiger partial charge in [0.15, 0.2) is 0 Å². The van der Waals surface area contributed by atoms with Gasteiger partial charge < -0.3 is 5.32 Å². The molecule has 0 spiro atoms. The monoisotopic (exact) mass is 342 g/mol. The van der Waals surface area contributed by atoms with E-state index >= 15 is 0 Å². The average molecular weight is 342 g/mol. The highest BCUT2D eigenvalue weighted by Crippen LogP contribution is 2.29. The topological polar surface area (TPSA) is 42.0 Å². The fourth-order valence-electron chi connectivity index (χ4n) is 2.33. The molecule has 0 fully saturated rings. The summed E-state index contributed by atoms with van der Waals surface area (Å²) in [6, 6.07) is 10.1. The quantitative estimate of drug-likeness (QED) is 0.745. The van der Waals surface area contributed by atoms with E-state index in [0.29, 0.717) is 6.54 Å². The third kappa shape index (κ3) is 3.68. The fraction of sp³-hybridized carbons (Fsp3) is 0.222. The predicted molar refractivity (Wildman–Crippen MR) is 97.3 cm³/mol. The van der Waals surface area contributed by atoms with Gasteiger partial charge in [-0.25, -0.2) is 4.98 Å². The number of aromatic nitrogens is 1. The molecule has 0 saturated carbocycles. The van der Waals surface area contributed by atoms with Gasteiger partial charge in [-0.2, -0.15) is 0 Å². The summed E-state index contributed by atoms with van der Waals surface area (Å²) in [5.74, 6) is -0.0225. The Labute approximate surface area is 144 Å². The summed E-state index contributed by atoms with van der Waals surface area (Å²) in [6.07, 6.45) is 0. The van der Waals surface area contributed by atoms with Crippen LogP contribution in [0.4, 0.5) is 0 Å².